The first-order valence-corrected chi connectivity index (χ1v) is 7.33. The van der Waals surface area contributed by atoms with Crippen molar-refractivity contribution in [2.45, 2.75) is 10.3 Å². The van der Waals surface area contributed by atoms with Crippen LogP contribution in [0.4, 0.5) is 0 Å². The van der Waals surface area contributed by atoms with Crippen LogP contribution in [0.2, 0.25) is 0 Å². The summed E-state index contributed by atoms with van der Waals surface area (Å²) in [7, 11) is 3.13. The Morgan fingerprint density at radius 1 is 1.04 bits per heavy atom. The summed E-state index contributed by atoms with van der Waals surface area (Å²) in [5.74, 6) is 1.80. The van der Waals surface area contributed by atoms with Gasteiger partial charge in [0.2, 0.25) is 5.89 Å². The quantitative estimate of drug-likeness (QED) is 0.635. The molecule has 2 heterocycles. The molecule has 1 aromatic carbocycles. The highest BCUT2D eigenvalue weighted by atomic mass is 32.2. The van der Waals surface area contributed by atoms with Crippen molar-refractivity contribution < 1.29 is 23.1 Å². The van der Waals surface area contributed by atoms with Crippen molar-refractivity contribution in [3.8, 4) is 23.0 Å². The van der Waals surface area contributed by atoms with E-state index in [1.54, 1.807) is 44.6 Å². The molecule has 23 heavy (non-hydrogen) atoms. The van der Waals surface area contributed by atoms with Gasteiger partial charge in [-0.25, -0.2) is 0 Å². The second kappa shape index (κ2) is 6.57. The zero-order valence-electron chi connectivity index (χ0n) is 12.3. The van der Waals surface area contributed by atoms with Gasteiger partial charge >= 0.3 is 0 Å². The molecule has 0 atom stereocenters. The predicted octanol–water partition coefficient (Wildman–Crippen LogP) is 3.31. The molecule has 0 aliphatic heterocycles. The SMILES string of the molecule is COc1cc(OC)cc(-c2nnc(Sc3ccc(C=O)o3)o2)c1. The number of carbonyl (C=O) groups is 1. The van der Waals surface area contributed by atoms with Gasteiger partial charge in [-0.1, -0.05) is 0 Å². The summed E-state index contributed by atoms with van der Waals surface area (Å²) >= 11 is 1.13. The standard InChI is InChI=1S/C15H12N2O5S/c1-19-11-5-9(6-12(7-11)20-2)14-16-17-15(22-14)23-13-4-3-10(8-18)21-13/h3-8H,1-2H3. The molecule has 2 aromatic heterocycles. The number of nitrogens with zero attached hydrogens (tertiary/aromatic N) is 2. The van der Waals surface area contributed by atoms with Crippen molar-refractivity contribution in [2.75, 3.05) is 14.2 Å². The van der Waals surface area contributed by atoms with E-state index in [-0.39, 0.29) is 5.76 Å². The Balaban J connectivity index is 1.85. The fourth-order valence-electron chi connectivity index (χ4n) is 1.84. The number of rotatable bonds is 6. The summed E-state index contributed by atoms with van der Waals surface area (Å²) in [6.45, 7) is 0. The van der Waals surface area contributed by atoms with E-state index in [1.165, 1.54) is 0 Å². The van der Waals surface area contributed by atoms with Crippen molar-refractivity contribution in [1.82, 2.24) is 10.2 Å². The van der Waals surface area contributed by atoms with Crippen LogP contribution in [0, 0.1) is 0 Å². The van der Waals surface area contributed by atoms with Gasteiger partial charge in [-0.3, -0.25) is 4.79 Å². The highest BCUT2D eigenvalue weighted by Crippen LogP contribution is 2.33. The zero-order chi connectivity index (χ0) is 16.2. The van der Waals surface area contributed by atoms with Gasteiger partial charge in [0.25, 0.3) is 5.22 Å². The van der Waals surface area contributed by atoms with Crippen molar-refractivity contribution in [1.29, 1.82) is 0 Å². The summed E-state index contributed by atoms with van der Waals surface area (Å²) in [4.78, 5) is 10.6. The molecule has 0 N–H and O–H groups in total. The number of furan rings is 1. The molecule has 0 saturated carbocycles. The number of aldehydes is 1. The molecule has 3 aromatic rings. The highest BCUT2D eigenvalue weighted by molar-refractivity contribution is 7.99. The lowest BCUT2D eigenvalue weighted by molar-refractivity contribution is 0.109. The predicted molar refractivity (Wildman–Crippen MR) is 81.1 cm³/mol. The third kappa shape index (κ3) is 3.37. The molecule has 0 unspecified atom stereocenters. The molecule has 0 spiro atoms. The van der Waals surface area contributed by atoms with E-state index in [1.807, 2.05) is 0 Å². The minimum Gasteiger partial charge on any atom is -0.497 e. The maximum Gasteiger partial charge on any atom is 0.284 e. The number of carbonyl (C=O) groups excluding carboxylic acids is 1. The minimum atomic E-state index is 0.241. The smallest absolute Gasteiger partial charge is 0.284 e. The molecule has 7 nitrogen and oxygen atoms in total. The molecule has 8 heteroatoms. The van der Waals surface area contributed by atoms with E-state index in [9.17, 15) is 4.79 Å². The third-order valence-electron chi connectivity index (χ3n) is 2.91. The molecule has 0 aliphatic carbocycles. The van der Waals surface area contributed by atoms with Gasteiger partial charge in [0.05, 0.1) is 14.2 Å². The first-order valence-electron chi connectivity index (χ1n) is 6.51. The average molecular weight is 332 g/mol. The van der Waals surface area contributed by atoms with Crippen LogP contribution in [0.3, 0.4) is 0 Å². The molecule has 3 rings (SSSR count). The highest BCUT2D eigenvalue weighted by Gasteiger charge is 2.14. The lowest BCUT2D eigenvalue weighted by atomic mass is 10.2. The van der Waals surface area contributed by atoms with E-state index in [0.717, 1.165) is 11.8 Å². The Kier molecular flexibility index (Phi) is 4.33. The molecule has 0 amide bonds. The Hall–Kier alpha value is -2.74. The number of hydrogen-bond donors (Lipinski definition) is 0. The maximum absolute atomic E-state index is 10.6. The molecule has 0 bridgehead atoms. The second-order valence-electron chi connectivity index (χ2n) is 4.35. The van der Waals surface area contributed by atoms with Crippen LogP contribution in [0.5, 0.6) is 11.5 Å². The summed E-state index contributed by atoms with van der Waals surface area (Å²) in [6.07, 6.45) is 0.631. The van der Waals surface area contributed by atoms with Crippen LogP contribution in [0.1, 0.15) is 10.6 Å². The van der Waals surface area contributed by atoms with Crippen LogP contribution in [0.25, 0.3) is 11.5 Å². The van der Waals surface area contributed by atoms with E-state index in [2.05, 4.69) is 10.2 Å². The molecular weight excluding hydrogens is 320 g/mol. The van der Waals surface area contributed by atoms with Crippen LogP contribution >= 0.6 is 11.8 Å². The first-order chi connectivity index (χ1) is 11.2. The largest absolute Gasteiger partial charge is 0.497 e. The molecular formula is C15H12N2O5S. The number of aromatic nitrogens is 2. The van der Waals surface area contributed by atoms with Crippen LogP contribution in [0.15, 0.2) is 49.5 Å². The second-order valence-corrected chi connectivity index (χ2v) is 5.31. The van der Waals surface area contributed by atoms with Crippen LogP contribution in [-0.4, -0.2) is 30.7 Å². The molecule has 0 radical (unpaired) electrons. The fraction of sp³-hybridized carbons (Fsp3) is 0.133. The van der Waals surface area contributed by atoms with E-state index >= 15 is 0 Å². The van der Waals surface area contributed by atoms with Crippen molar-refractivity contribution >= 4 is 18.0 Å². The van der Waals surface area contributed by atoms with Crippen LogP contribution in [-0.2, 0) is 0 Å². The molecule has 0 saturated heterocycles. The van der Waals surface area contributed by atoms with Gasteiger partial charge in [-0.05, 0) is 24.3 Å². The Morgan fingerprint density at radius 3 is 2.39 bits per heavy atom. The van der Waals surface area contributed by atoms with Crippen molar-refractivity contribution in [3.63, 3.8) is 0 Å². The maximum atomic E-state index is 10.6. The van der Waals surface area contributed by atoms with Crippen molar-refractivity contribution in [3.05, 3.63) is 36.1 Å². The summed E-state index contributed by atoms with van der Waals surface area (Å²) in [5, 5.41) is 8.74. The van der Waals surface area contributed by atoms with Gasteiger partial charge in [0, 0.05) is 23.4 Å². The van der Waals surface area contributed by atoms with Crippen molar-refractivity contribution in [2.24, 2.45) is 0 Å². The van der Waals surface area contributed by atoms with Gasteiger partial charge < -0.3 is 18.3 Å². The Labute approximate surface area is 135 Å². The fourth-order valence-corrected chi connectivity index (χ4v) is 2.49. The van der Waals surface area contributed by atoms with E-state index < -0.39 is 0 Å². The third-order valence-corrected chi connectivity index (χ3v) is 3.67. The van der Waals surface area contributed by atoms with Gasteiger partial charge in [-0.2, -0.15) is 0 Å². The number of methoxy groups -OCH3 is 2. The Morgan fingerprint density at radius 2 is 1.78 bits per heavy atom. The molecule has 0 fully saturated rings. The normalized spacial score (nSPS) is 10.5. The number of benzene rings is 1. The Bertz CT molecular complexity index is 805. The van der Waals surface area contributed by atoms with E-state index in [0.29, 0.717) is 39.6 Å². The van der Waals surface area contributed by atoms with Gasteiger partial charge in [0.1, 0.15) is 11.5 Å². The van der Waals surface area contributed by atoms with Gasteiger partial charge in [0.15, 0.2) is 17.1 Å². The summed E-state index contributed by atoms with van der Waals surface area (Å²) < 4.78 is 21.3. The monoisotopic (exact) mass is 332 g/mol. The van der Waals surface area contributed by atoms with E-state index in [4.69, 9.17) is 18.3 Å². The molecule has 0 aliphatic rings. The van der Waals surface area contributed by atoms with Crippen LogP contribution < -0.4 is 9.47 Å². The van der Waals surface area contributed by atoms with Gasteiger partial charge in [-0.15, -0.1) is 10.2 Å². The number of ether oxygens (including phenoxy) is 2. The lowest BCUT2D eigenvalue weighted by Gasteiger charge is -2.05. The molecule has 118 valence electrons. The summed E-state index contributed by atoms with van der Waals surface area (Å²) in [5.41, 5.74) is 0.675. The zero-order valence-corrected chi connectivity index (χ0v) is 13.1. The lowest BCUT2D eigenvalue weighted by Crippen LogP contribution is -1.88. The number of hydrogen-bond acceptors (Lipinski definition) is 8. The summed E-state index contributed by atoms with van der Waals surface area (Å²) in [6, 6.07) is 8.51. The average Bonchev–Trinajstić information content (AvgIpc) is 3.24. The topological polar surface area (TPSA) is 87.6 Å². The first kappa shape index (κ1) is 15.2. The minimum absolute atomic E-state index is 0.241.